The molecule has 0 saturated carbocycles. The van der Waals surface area contributed by atoms with Crippen LogP contribution in [0.5, 0.6) is 0 Å². The first-order chi connectivity index (χ1) is 15.1. The summed E-state index contributed by atoms with van der Waals surface area (Å²) in [5.41, 5.74) is 4.81. The summed E-state index contributed by atoms with van der Waals surface area (Å²) in [6.45, 7) is 2.07. The fourth-order valence-corrected chi connectivity index (χ4v) is 4.53. The lowest BCUT2D eigenvalue weighted by Crippen LogP contribution is -2.12. The molecular weight excluding hydrogens is 410 g/mol. The second-order valence-electron chi connectivity index (χ2n) is 7.16. The molecule has 2 heterocycles. The number of nitrogens with zero attached hydrogens (tertiary/aromatic N) is 2. The molecule has 1 amide bonds. The molecule has 4 aromatic rings. The van der Waals surface area contributed by atoms with E-state index in [2.05, 4.69) is 45.6 Å². The number of aromatic nitrogens is 2. The van der Waals surface area contributed by atoms with Crippen LogP contribution in [0.2, 0.25) is 0 Å². The van der Waals surface area contributed by atoms with E-state index in [1.54, 1.807) is 12.3 Å². The van der Waals surface area contributed by atoms with Crippen molar-refractivity contribution in [2.45, 2.75) is 19.3 Å². The Balaban J connectivity index is 1.66. The van der Waals surface area contributed by atoms with E-state index in [1.165, 1.54) is 29.0 Å². The molecule has 2 aromatic heterocycles. The summed E-state index contributed by atoms with van der Waals surface area (Å²) >= 11 is 1.53. The van der Waals surface area contributed by atoms with E-state index < -0.39 is 0 Å². The molecule has 0 bridgehead atoms. The van der Waals surface area contributed by atoms with E-state index in [0.29, 0.717) is 18.7 Å². The molecular formula is C24H21N3O3S. The molecule has 2 aromatic carbocycles. The lowest BCUT2D eigenvalue weighted by atomic mass is 9.95. The Labute approximate surface area is 183 Å². The van der Waals surface area contributed by atoms with Gasteiger partial charge in [0.25, 0.3) is 6.47 Å². The Morgan fingerprint density at radius 3 is 2.77 bits per heavy atom. The minimum Gasteiger partial charge on any atom is -0.467 e. The quantitative estimate of drug-likeness (QED) is 0.414. The van der Waals surface area contributed by atoms with Gasteiger partial charge < -0.3 is 10.1 Å². The van der Waals surface area contributed by atoms with Crippen molar-refractivity contribution in [1.29, 1.82) is 0 Å². The van der Waals surface area contributed by atoms with Gasteiger partial charge in [0.1, 0.15) is 12.4 Å². The maximum absolute atomic E-state index is 11.4. The van der Waals surface area contributed by atoms with Crippen molar-refractivity contribution in [2.75, 3.05) is 11.9 Å². The number of anilines is 1. The monoisotopic (exact) mass is 431 g/mol. The van der Waals surface area contributed by atoms with Crippen molar-refractivity contribution < 1.29 is 14.3 Å². The maximum Gasteiger partial charge on any atom is 0.293 e. The van der Waals surface area contributed by atoms with Crippen LogP contribution >= 0.6 is 11.3 Å². The Bertz CT molecular complexity index is 1220. The summed E-state index contributed by atoms with van der Waals surface area (Å²) in [4.78, 5) is 32.2. The summed E-state index contributed by atoms with van der Waals surface area (Å²) in [5, 5.41) is 5.09. The highest BCUT2D eigenvalue weighted by molar-refractivity contribution is 7.09. The van der Waals surface area contributed by atoms with Crippen LogP contribution in [0.3, 0.4) is 0 Å². The van der Waals surface area contributed by atoms with Crippen molar-refractivity contribution >= 4 is 40.3 Å². The summed E-state index contributed by atoms with van der Waals surface area (Å²) in [5.74, 6) is 0.0606. The zero-order valence-electron chi connectivity index (χ0n) is 16.9. The Hall–Kier alpha value is -3.58. The molecule has 7 heteroatoms. The molecule has 31 heavy (non-hydrogen) atoms. The molecule has 156 valence electrons. The highest BCUT2D eigenvalue weighted by Crippen LogP contribution is 2.33. The van der Waals surface area contributed by atoms with Gasteiger partial charge in [-0.25, -0.2) is 9.97 Å². The van der Waals surface area contributed by atoms with E-state index in [-0.39, 0.29) is 18.4 Å². The number of benzene rings is 2. The van der Waals surface area contributed by atoms with Crippen LogP contribution in [0, 0.1) is 0 Å². The molecule has 0 aliphatic rings. The van der Waals surface area contributed by atoms with Crippen LogP contribution in [-0.2, 0) is 20.7 Å². The molecule has 6 nitrogen and oxygen atoms in total. The smallest absolute Gasteiger partial charge is 0.293 e. The van der Waals surface area contributed by atoms with Gasteiger partial charge >= 0.3 is 0 Å². The number of amides is 1. The number of carbonyl (C=O) groups excluding carboxylic acids is 2. The predicted molar refractivity (Wildman–Crippen MR) is 121 cm³/mol. The molecule has 0 aliphatic heterocycles. The second-order valence-corrected chi connectivity index (χ2v) is 8.05. The number of carbonyl (C=O) groups is 2. The SMILES string of the molecule is CC(=O)Nc1cc(C(COC=O)c2scnc2Cc2ccc3ccccc3c2)ccn1. The first kappa shape index (κ1) is 20.7. The van der Waals surface area contributed by atoms with E-state index in [4.69, 9.17) is 4.74 Å². The molecule has 0 radical (unpaired) electrons. The van der Waals surface area contributed by atoms with E-state index >= 15 is 0 Å². The number of hydrogen-bond donors (Lipinski definition) is 1. The minimum absolute atomic E-state index is 0.180. The van der Waals surface area contributed by atoms with E-state index in [1.807, 2.05) is 23.7 Å². The average Bonchev–Trinajstić information content (AvgIpc) is 3.21. The second kappa shape index (κ2) is 9.49. The predicted octanol–water partition coefficient (Wildman–Crippen LogP) is 4.55. The lowest BCUT2D eigenvalue weighted by molar-refractivity contribution is -0.128. The third kappa shape index (κ3) is 4.95. The Kier molecular flexibility index (Phi) is 6.33. The fraction of sp³-hybridized carbons (Fsp3) is 0.167. The molecule has 0 aliphatic carbocycles. The Morgan fingerprint density at radius 1 is 1.13 bits per heavy atom. The first-order valence-corrected chi connectivity index (χ1v) is 10.7. The summed E-state index contributed by atoms with van der Waals surface area (Å²) in [7, 11) is 0. The minimum atomic E-state index is -0.205. The van der Waals surface area contributed by atoms with E-state index in [9.17, 15) is 9.59 Å². The van der Waals surface area contributed by atoms with Gasteiger partial charge in [-0.1, -0.05) is 42.5 Å². The van der Waals surface area contributed by atoms with Crippen molar-refractivity contribution in [3.63, 3.8) is 0 Å². The van der Waals surface area contributed by atoms with Crippen LogP contribution in [0.15, 0.2) is 66.3 Å². The van der Waals surface area contributed by atoms with Gasteiger partial charge in [-0.15, -0.1) is 11.3 Å². The van der Waals surface area contributed by atoms with Crippen LogP contribution in [0.1, 0.15) is 34.5 Å². The third-order valence-corrected chi connectivity index (χ3v) is 5.98. The standard InChI is InChI=1S/C24H21N3O3S/c1-16(29)27-23-12-20(8-9-25-23)21(13-30-15-28)24-22(26-14-31-24)11-17-6-7-18-4-2-3-5-19(18)10-17/h2-10,12,14-15,21H,11,13H2,1H3,(H,25,27,29). The number of nitrogens with one attached hydrogen (secondary N) is 1. The number of pyridine rings is 1. The third-order valence-electron chi connectivity index (χ3n) is 5.00. The van der Waals surface area contributed by atoms with E-state index in [0.717, 1.165) is 21.7 Å². The van der Waals surface area contributed by atoms with Gasteiger partial charge in [-0.2, -0.15) is 0 Å². The largest absolute Gasteiger partial charge is 0.467 e. The average molecular weight is 432 g/mol. The number of thiazole rings is 1. The molecule has 0 saturated heterocycles. The van der Waals surface area contributed by atoms with Crippen LogP contribution in [-0.4, -0.2) is 29.0 Å². The zero-order valence-corrected chi connectivity index (χ0v) is 17.8. The normalized spacial score (nSPS) is 11.8. The summed E-state index contributed by atoms with van der Waals surface area (Å²) < 4.78 is 5.15. The molecule has 1 N–H and O–H groups in total. The fourth-order valence-electron chi connectivity index (χ4n) is 3.61. The maximum atomic E-state index is 11.4. The highest BCUT2D eigenvalue weighted by atomic mass is 32.1. The van der Waals surface area contributed by atoms with Gasteiger partial charge in [-0.05, 0) is 34.0 Å². The number of ether oxygens (including phenoxy) is 1. The van der Waals surface area contributed by atoms with Crippen molar-refractivity contribution in [3.05, 3.63) is 88.0 Å². The molecule has 0 fully saturated rings. The van der Waals surface area contributed by atoms with Crippen LogP contribution < -0.4 is 5.32 Å². The van der Waals surface area contributed by atoms with Gasteiger partial charge in [0, 0.05) is 24.4 Å². The van der Waals surface area contributed by atoms with Crippen molar-refractivity contribution in [2.24, 2.45) is 0 Å². The number of rotatable bonds is 8. The van der Waals surface area contributed by atoms with Gasteiger partial charge in [0.15, 0.2) is 0 Å². The summed E-state index contributed by atoms with van der Waals surface area (Å²) in [6, 6.07) is 18.3. The van der Waals surface area contributed by atoms with Gasteiger partial charge in [0.2, 0.25) is 5.91 Å². The van der Waals surface area contributed by atoms with Crippen LogP contribution in [0.4, 0.5) is 5.82 Å². The Morgan fingerprint density at radius 2 is 1.97 bits per heavy atom. The molecule has 1 atom stereocenters. The van der Waals surface area contributed by atoms with Gasteiger partial charge in [-0.3, -0.25) is 9.59 Å². The van der Waals surface area contributed by atoms with Crippen molar-refractivity contribution in [3.8, 4) is 0 Å². The highest BCUT2D eigenvalue weighted by Gasteiger charge is 2.22. The first-order valence-electron chi connectivity index (χ1n) is 9.83. The van der Waals surface area contributed by atoms with Crippen LogP contribution in [0.25, 0.3) is 10.8 Å². The summed E-state index contributed by atoms with van der Waals surface area (Å²) in [6.07, 6.45) is 2.31. The topological polar surface area (TPSA) is 81.2 Å². The number of hydrogen-bond acceptors (Lipinski definition) is 6. The zero-order chi connectivity index (χ0) is 21.6. The lowest BCUT2D eigenvalue weighted by Gasteiger charge is -2.17. The van der Waals surface area contributed by atoms with Gasteiger partial charge in [0.05, 0.1) is 17.1 Å². The molecule has 4 rings (SSSR count). The molecule has 1 unspecified atom stereocenters. The number of fused-ring (bicyclic) bond motifs is 1. The molecule has 0 spiro atoms. The van der Waals surface area contributed by atoms with Crippen molar-refractivity contribution in [1.82, 2.24) is 9.97 Å².